The van der Waals surface area contributed by atoms with E-state index < -0.39 is 0 Å². The fraction of sp³-hybridized carbons (Fsp3) is 0.353. The van der Waals surface area contributed by atoms with E-state index >= 15 is 0 Å². The van der Waals surface area contributed by atoms with Crippen LogP contribution < -0.4 is 4.90 Å². The Bertz CT molecular complexity index is 827. The summed E-state index contributed by atoms with van der Waals surface area (Å²) in [7, 11) is 1.89. The zero-order valence-electron chi connectivity index (χ0n) is 13.0. The topological polar surface area (TPSA) is 46.8 Å². The lowest BCUT2D eigenvalue weighted by Crippen LogP contribution is -2.31. The molecule has 23 heavy (non-hydrogen) atoms. The Balaban J connectivity index is 1.65. The van der Waals surface area contributed by atoms with Crippen LogP contribution in [-0.2, 0) is 13.5 Å². The summed E-state index contributed by atoms with van der Waals surface area (Å²) in [5, 5.41) is 5.28. The molecule has 1 unspecified atom stereocenters. The molecule has 1 fully saturated rings. The standard InChI is InChI=1S/C17H18FN5/c1-22-16-15(10-21-22)17(20-11-19-16)23-8-2-3-14(23)9-12-4-6-13(18)7-5-12/h4-7,10-11,14H,2-3,8-9H2,1H3. The van der Waals surface area contributed by atoms with E-state index in [-0.39, 0.29) is 5.82 Å². The van der Waals surface area contributed by atoms with E-state index in [1.165, 1.54) is 12.1 Å². The Morgan fingerprint density at radius 1 is 1.22 bits per heavy atom. The van der Waals surface area contributed by atoms with Crippen LogP contribution in [0.2, 0.25) is 0 Å². The first kappa shape index (κ1) is 14.1. The largest absolute Gasteiger partial charge is 0.353 e. The Morgan fingerprint density at radius 3 is 2.87 bits per heavy atom. The predicted octanol–water partition coefficient (Wildman–Crippen LogP) is 2.71. The summed E-state index contributed by atoms with van der Waals surface area (Å²) in [6.45, 7) is 0.979. The summed E-state index contributed by atoms with van der Waals surface area (Å²) >= 11 is 0. The molecule has 0 radical (unpaired) electrons. The molecule has 1 aliphatic rings. The van der Waals surface area contributed by atoms with Crippen molar-refractivity contribution in [1.82, 2.24) is 19.7 Å². The van der Waals surface area contributed by atoms with Gasteiger partial charge in [-0.15, -0.1) is 0 Å². The van der Waals surface area contributed by atoms with E-state index in [2.05, 4.69) is 20.0 Å². The molecule has 6 heteroatoms. The molecule has 0 amide bonds. The highest BCUT2D eigenvalue weighted by molar-refractivity contribution is 5.86. The highest BCUT2D eigenvalue weighted by Gasteiger charge is 2.27. The lowest BCUT2D eigenvalue weighted by atomic mass is 10.0. The van der Waals surface area contributed by atoms with Crippen LogP contribution in [0.25, 0.3) is 11.0 Å². The van der Waals surface area contributed by atoms with Gasteiger partial charge in [0.05, 0.1) is 11.6 Å². The highest BCUT2D eigenvalue weighted by atomic mass is 19.1. The minimum atomic E-state index is -0.190. The van der Waals surface area contributed by atoms with Crippen molar-refractivity contribution in [3.05, 3.63) is 48.2 Å². The van der Waals surface area contributed by atoms with Crippen LogP contribution in [0.3, 0.4) is 0 Å². The molecule has 0 aliphatic carbocycles. The van der Waals surface area contributed by atoms with Crippen LogP contribution in [0.15, 0.2) is 36.8 Å². The van der Waals surface area contributed by atoms with E-state index in [4.69, 9.17) is 0 Å². The van der Waals surface area contributed by atoms with Gasteiger partial charge >= 0.3 is 0 Å². The number of rotatable bonds is 3. The van der Waals surface area contributed by atoms with Gasteiger partial charge < -0.3 is 4.90 Å². The Morgan fingerprint density at radius 2 is 2.04 bits per heavy atom. The third-order valence-corrected chi connectivity index (χ3v) is 4.54. The van der Waals surface area contributed by atoms with Gasteiger partial charge in [0.2, 0.25) is 0 Å². The highest BCUT2D eigenvalue weighted by Crippen LogP contribution is 2.30. The van der Waals surface area contributed by atoms with Crippen LogP contribution >= 0.6 is 0 Å². The molecule has 1 aliphatic heterocycles. The van der Waals surface area contributed by atoms with Crippen molar-refractivity contribution in [3.8, 4) is 0 Å². The average Bonchev–Trinajstić information content (AvgIpc) is 3.17. The van der Waals surface area contributed by atoms with Crippen LogP contribution in [-0.4, -0.2) is 32.3 Å². The summed E-state index contributed by atoms with van der Waals surface area (Å²) in [4.78, 5) is 11.2. The molecule has 1 atom stereocenters. The molecule has 0 spiro atoms. The van der Waals surface area contributed by atoms with E-state index in [9.17, 15) is 4.39 Å². The molecule has 5 nitrogen and oxygen atoms in total. The lowest BCUT2D eigenvalue weighted by molar-refractivity contribution is 0.623. The normalized spacial score (nSPS) is 18.0. The first-order valence-corrected chi connectivity index (χ1v) is 7.86. The maximum Gasteiger partial charge on any atom is 0.163 e. The van der Waals surface area contributed by atoms with Crippen molar-refractivity contribution in [2.24, 2.45) is 7.05 Å². The van der Waals surface area contributed by atoms with E-state index in [0.29, 0.717) is 6.04 Å². The summed E-state index contributed by atoms with van der Waals surface area (Å²) < 4.78 is 14.9. The molecule has 1 saturated heterocycles. The SMILES string of the molecule is Cn1ncc2c(N3CCCC3Cc3ccc(F)cc3)ncnc21. The number of fused-ring (bicyclic) bond motifs is 1. The van der Waals surface area contributed by atoms with Crippen molar-refractivity contribution < 1.29 is 4.39 Å². The second kappa shape index (κ2) is 5.61. The smallest absolute Gasteiger partial charge is 0.163 e. The maximum atomic E-state index is 13.1. The summed E-state index contributed by atoms with van der Waals surface area (Å²) in [5.41, 5.74) is 2.00. The van der Waals surface area contributed by atoms with Crippen molar-refractivity contribution in [2.75, 3.05) is 11.4 Å². The predicted molar refractivity (Wildman–Crippen MR) is 86.8 cm³/mol. The van der Waals surface area contributed by atoms with Crippen molar-refractivity contribution in [1.29, 1.82) is 0 Å². The van der Waals surface area contributed by atoms with Gasteiger partial charge in [0.25, 0.3) is 0 Å². The molecular formula is C17H18FN5. The number of halogens is 1. The average molecular weight is 311 g/mol. The zero-order valence-corrected chi connectivity index (χ0v) is 13.0. The Kier molecular flexibility index (Phi) is 3.44. The molecule has 2 aromatic heterocycles. The molecule has 3 heterocycles. The van der Waals surface area contributed by atoms with E-state index in [1.807, 2.05) is 25.4 Å². The molecule has 0 bridgehead atoms. The third-order valence-electron chi connectivity index (χ3n) is 4.54. The maximum absolute atomic E-state index is 13.1. The first-order valence-electron chi connectivity index (χ1n) is 7.86. The van der Waals surface area contributed by atoms with Crippen molar-refractivity contribution in [2.45, 2.75) is 25.3 Å². The quantitative estimate of drug-likeness (QED) is 0.746. The van der Waals surface area contributed by atoms with Gasteiger partial charge in [0.1, 0.15) is 18.0 Å². The molecule has 3 aromatic rings. The number of benzene rings is 1. The minimum absolute atomic E-state index is 0.190. The summed E-state index contributed by atoms with van der Waals surface area (Å²) in [6.07, 6.45) is 6.58. The number of nitrogens with zero attached hydrogens (tertiary/aromatic N) is 5. The van der Waals surface area contributed by atoms with Gasteiger partial charge in [0, 0.05) is 19.6 Å². The summed E-state index contributed by atoms with van der Waals surface area (Å²) in [5.74, 6) is 0.762. The second-order valence-electron chi connectivity index (χ2n) is 6.02. The van der Waals surface area contributed by atoms with Crippen molar-refractivity contribution >= 4 is 16.9 Å². The fourth-order valence-corrected chi connectivity index (χ4v) is 3.40. The van der Waals surface area contributed by atoms with Gasteiger partial charge in [-0.1, -0.05) is 12.1 Å². The Labute approximate surface area is 133 Å². The van der Waals surface area contributed by atoms with Crippen LogP contribution in [0.5, 0.6) is 0 Å². The van der Waals surface area contributed by atoms with Crippen LogP contribution in [0, 0.1) is 5.82 Å². The van der Waals surface area contributed by atoms with Crippen LogP contribution in [0.4, 0.5) is 10.2 Å². The number of hydrogen-bond acceptors (Lipinski definition) is 4. The van der Waals surface area contributed by atoms with Gasteiger partial charge in [-0.3, -0.25) is 4.68 Å². The monoisotopic (exact) mass is 311 g/mol. The van der Waals surface area contributed by atoms with Gasteiger partial charge in [-0.2, -0.15) is 5.10 Å². The van der Waals surface area contributed by atoms with Crippen LogP contribution in [0.1, 0.15) is 18.4 Å². The van der Waals surface area contributed by atoms with Gasteiger partial charge in [-0.25, -0.2) is 14.4 Å². The van der Waals surface area contributed by atoms with E-state index in [1.54, 1.807) is 11.0 Å². The summed E-state index contributed by atoms with van der Waals surface area (Å²) in [6, 6.07) is 7.16. The number of hydrogen-bond donors (Lipinski definition) is 0. The Hall–Kier alpha value is -2.50. The number of anilines is 1. The first-order chi connectivity index (χ1) is 11.2. The molecule has 0 N–H and O–H groups in total. The number of aryl methyl sites for hydroxylation is 1. The molecule has 0 saturated carbocycles. The lowest BCUT2D eigenvalue weighted by Gasteiger charge is -2.26. The number of aromatic nitrogens is 4. The molecule has 4 rings (SSSR count). The van der Waals surface area contributed by atoms with E-state index in [0.717, 1.165) is 48.2 Å². The van der Waals surface area contributed by atoms with Crippen molar-refractivity contribution in [3.63, 3.8) is 0 Å². The van der Waals surface area contributed by atoms with Gasteiger partial charge in [0.15, 0.2) is 5.65 Å². The molecule has 118 valence electrons. The third kappa shape index (κ3) is 2.54. The second-order valence-corrected chi connectivity index (χ2v) is 6.02. The van der Waals surface area contributed by atoms with Gasteiger partial charge in [-0.05, 0) is 37.0 Å². The fourth-order valence-electron chi connectivity index (χ4n) is 3.40. The molecule has 1 aromatic carbocycles. The zero-order chi connectivity index (χ0) is 15.8. The minimum Gasteiger partial charge on any atom is -0.353 e. The molecular weight excluding hydrogens is 293 g/mol.